The zero-order chi connectivity index (χ0) is 10.2. The molecule has 2 aliphatic carbocycles. The molecule has 0 amide bonds. The molecule has 2 nitrogen and oxygen atoms in total. The van der Waals surface area contributed by atoms with E-state index in [1.165, 1.54) is 19.3 Å². The second-order valence-corrected chi connectivity index (χ2v) is 5.15. The van der Waals surface area contributed by atoms with E-state index in [1.54, 1.807) is 0 Å². The number of rotatable bonds is 3. The van der Waals surface area contributed by atoms with Crippen LogP contribution in [0.1, 0.15) is 51.9 Å². The largest absolute Gasteiger partial charge is 0.319 e. The lowest BCUT2D eigenvalue weighted by Gasteiger charge is -2.28. The number of carbonyl (C=O) groups is 1. The molecule has 0 aromatic heterocycles. The number of ketones is 1. The van der Waals surface area contributed by atoms with Crippen molar-refractivity contribution in [2.45, 2.75) is 57.4 Å². The second-order valence-electron chi connectivity index (χ2n) is 5.15. The predicted molar refractivity (Wildman–Crippen MR) is 56.9 cm³/mol. The molecule has 80 valence electrons. The molecule has 0 radical (unpaired) electrons. The van der Waals surface area contributed by atoms with Crippen LogP contribution in [0.2, 0.25) is 0 Å². The summed E-state index contributed by atoms with van der Waals surface area (Å²) >= 11 is 0. The molecule has 0 heterocycles. The molecule has 0 saturated heterocycles. The van der Waals surface area contributed by atoms with Crippen molar-refractivity contribution in [2.24, 2.45) is 17.6 Å². The van der Waals surface area contributed by atoms with Crippen molar-refractivity contribution in [1.29, 1.82) is 0 Å². The summed E-state index contributed by atoms with van der Waals surface area (Å²) in [7, 11) is 0. The topological polar surface area (TPSA) is 43.1 Å². The van der Waals surface area contributed by atoms with Crippen LogP contribution < -0.4 is 5.73 Å². The summed E-state index contributed by atoms with van der Waals surface area (Å²) in [5, 5.41) is 0. The van der Waals surface area contributed by atoms with E-state index >= 15 is 0 Å². The number of Topliss-reactive ketones (excluding diaryl/α,β-unsaturated/α-hetero) is 1. The average molecular weight is 195 g/mol. The van der Waals surface area contributed by atoms with Gasteiger partial charge in [-0.2, -0.15) is 0 Å². The van der Waals surface area contributed by atoms with Crippen molar-refractivity contribution in [1.82, 2.24) is 0 Å². The Hall–Kier alpha value is -0.370. The van der Waals surface area contributed by atoms with Crippen LogP contribution in [0.15, 0.2) is 0 Å². The van der Waals surface area contributed by atoms with E-state index in [0.29, 0.717) is 11.7 Å². The molecule has 0 aliphatic heterocycles. The Balaban J connectivity index is 1.86. The first-order valence-corrected chi connectivity index (χ1v) is 5.99. The fourth-order valence-corrected chi connectivity index (χ4v) is 2.62. The van der Waals surface area contributed by atoms with E-state index in [4.69, 9.17) is 5.73 Å². The first kappa shape index (κ1) is 10.2. The van der Waals surface area contributed by atoms with Crippen LogP contribution >= 0.6 is 0 Å². The lowest BCUT2D eigenvalue weighted by atomic mass is 9.77. The quantitative estimate of drug-likeness (QED) is 0.750. The van der Waals surface area contributed by atoms with Crippen molar-refractivity contribution >= 4 is 5.78 Å². The van der Waals surface area contributed by atoms with Gasteiger partial charge in [0, 0.05) is 5.92 Å². The highest BCUT2D eigenvalue weighted by Crippen LogP contribution is 2.40. The summed E-state index contributed by atoms with van der Waals surface area (Å²) in [6, 6.07) is 0. The van der Waals surface area contributed by atoms with Gasteiger partial charge < -0.3 is 5.73 Å². The van der Waals surface area contributed by atoms with E-state index in [-0.39, 0.29) is 5.54 Å². The van der Waals surface area contributed by atoms with Gasteiger partial charge in [0.15, 0.2) is 5.78 Å². The Morgan fingerprint density at radius 1 is 1.29 bits per heavy atom. The Morgan fingerprint density at radius 3 is 2.29 bits per heavy atom. The minimum atomic E-state index is -0.385. The number of nitrogens with two attached hydrogens (primary N) is 1. The molecule has 0 bridgehead atoms. The van der Waals surface area contributed by atoms with Crippen LogP contribution in [0.4, 0.5) is 0 Å². The lowest BCUT2D eigenvalue weighted by Crippen LogP contribution is -2.39. The average Bonchev–Trinajstić information content (AvgIpc) is 2.97. The molecule has 14 heavy (non-hydrogen) atoms. The number of carbonyl (C=O) groups excluding carboxylic acids is 1. The fourth-order valence-electron chi connectivity index (χ4n) is 2.62. The van der Waals surface area contributed by atoms with Crippen molar-refractivity contribution in [2.75, 3.05) is 0 Å². The maximum absolute atomic E-state index is 12.0. The van der Waals surface area contributed by atoms with Gasteiger partial charge in [-0.25, -0.2) is 0 Å². The number of hydrogen-bond donors (Lipinski definition) is 1. The van der Waals surface area contributed by atoms with E-state index in [0.717, 1.165) is 31.6 Å². The minimum absolute atomic E-state index is 0.297. The van der Waals surface area contributed by atoms with Gasteiger partial charge in [-0.3, -0.25) is 4.79 Å². The Labute approximate surface area is 86.2 Å². The SMILES string of the molecule is CCC1CCC(C(=O)C2(N)CC2)CC1. The van der Waals surface area contributed by atoms with Crippen LogP contribution in [0.5, 0.6) is 0 Å². The molecule has 2 aliphatic rings. The van der Waals surface area contributed by atoms with Gasteiger partial charge in [0.1, 0.15) is 0 Å². The molecular formula is C12H21NO. The highest BCUT2D eigenvalue weighted by molar-refractivity contribution is 5.92. The molecule has 0 atom stereocenters. The third kappa shape index (κ3) is 1.85. The van der Waals surface area contributed by atoms with Gasteiger partial charge in [-0.15, -0.1) is 0 Å². The smallest absolute Gasteiger partial charge is 0.155 e. The molecular weight excluding hydrogens is 174 g/mol. The molecule has 2 saturated carbocycles. The maximum atomic E-state index is 12.0. The zero-order valence-electron chi connectivity index (χ0n) is 9.09. The molecule has 0 unspecified atom stereocenters. The predicted octanol–water partition coefficient (Wildman–Crippen LogP) is 2.26. The standard InChI is InChI=1S/C12H21NO/c1-2-9-3-5-10(6-4-9)11(14)12(13)7-8-12/h9-10H,2-8,13H2,1H3. The van der Waals surface area contributed by atoms with E-state index in [2.05, 4.69) is 6.92 Å². The molecule has 2 rings (SSSR count). The molecule has 0 aromatic rings. The summed E-state index contributed by atoms with van der Waals surface area (Å²) in [6.45, 7) is 2.25. The molecule has 2 N–H and O–H groups in total. The Kier molecular flexibility index (Phi) is 2.65. The van der Waals surface area contributed by atoms with Crippen LogP contribution in [-0.4, -0.2) is 11.3 Å². The van der Waals surface area contributed by atoms with Gasteiger partial charge in [0.2, 0.25) is 0 Å². The third-order valence-electron chi connectivity index (χ3n) is 4.07. The second kappa shape index (κ2) is 3.65. The van der Waals surface area contributed by atoms with Gasteiger partial charge in [-0.05, 0) is 44.4 Å². The van der Waals surface area contributed by atoms with Crippen LogP contribution in [-0.2, 0) is 4.79 Å². The Morgan fingerprint density at radius 2 is 1.86 bits per heavy atom. The summed E-state index contributed by atoms with van der Waals surface area (Å²) < 4.78 is 0. The molecule has 2 fully saturated rings. The molecule has 0 aromatic carbocycles. The first-order chi connectivity index (χ1) is 6.65. The van der Waals surface area contributed by atoms with Crippen molar-refractivity contribution in [3.63, 3.8) is 0 Å². The minimum Gasteiger partial charge on any atom is -0.319 e. The van der Waals surface area contributed by atoms with Crippen LogP contribution in [0.25, 0.3) is 0 Å². The fraction of sp³-hybridized carbons (Fsp3) is 0.917. The first-order valence-electron chi connectivity index (χ1n) is 5.99. The van der Waals surface area contributed by atoms with Crippen LogP contribution in [0, 0.1) is 11.8 Å². The highest BCUT2D eigenvalue weighted by atomic mass is 16.1. The molecule has 0 spiro atoms. The summed E-state index contributed by atoms with van der Waals surface area (Å²) in [6.07, 6.45) is 7.80. The van der Waals surface area contributed by atoms with Crippen molar-refractivity contribution in [3.05, 3.63) is 0 Å². The Bertz CT molecular complexity index is 224. The van der Waals surface area contributed by atoms with Crippen molar-refractivity contribution < 1.29 is 4.79 Å². The van der Waals surface area contributed by atoms with Gasteiger partial charge >= 0.3 is 0 Å². The van der Waals surface area contributed by atoms with E-state index < -0.39 is 0 Å². The third-order valence-corrected chi connectivity index (χ3v) is 4.07. The van der Waals surface area contributed by atoms with Gasteiger partial charge in [0.05, 0.1) is 5.54 Å². The van der Waals surface area contributed by atoms with E-state index in [9.17, 15) is 4.79 Å². The lowest BCUT2D eigenvalue weighted by molar-refractivity contribution is -0.126. The maximum Gasteiger partial charge on any atom is 0.155 e. The zero-order valence-corrected chi connectivity index (χ0v) is 9.09. The summed E-state index contributed by atoms with van der Waals surface area (Å²) in [4.78, 5) is 12.0. The van der Waals surface area contributed by atoms with Gasteiger partial charge in [-0.1, -0.05) is 13.3 Å². The monoisotopic (exact) mass is 195 g/mol. The van der Waals surface area contributed by atoms with Crippen molar-refractivity contribution in [3.8, 4) is 0 Å². The van der Waals surface area contributed by atoms with E-state index in [1.807, 2.05) is 0 Å². The summed E-state index contributed by atoms with van der Waals surface area (Å²) in [5.74, 6) is 1.53. The highest BCUT2D eigenvalue weighted by Gasteiger charge is 2.48. The van der Waals surface area contributed by atoms with Gasteiger partial charge in [0.25, 0.3) is 0 Å². The summed E-state index contributed by atoms with van der Waals surface area (Å²) in [5.41, 5.74) is 5.55. The normalized spacial score (nSPS) is 35.3. The van der Waals surface area contributed by atoms with Crippen LogP contribution in [0.3, 0.4) is 0 Å². The number of hydrogen-bond acceptors (Lipinski definition) is 2. The molecule has 2 heteroatoms.